The monoisotopic (exact) mass is 161 g/mol. The average molecular weight is 161 g/mol. The molecule has 0 saturated carbocycles. The number of carboxylic acid groups (broad SMARTS) is 1. The van der Waals surface area contributed by atoms with Gasteiger partial charge in [-0.15, -0.1) is 0 Å². The molecule has 0 aromatic carbocycles. The van der Waals surface area contributed by atoms with Gasteiger partial charge in [0, 0.05) is 6.54 Å². The number of nitrogens with zero attached hydrogens (tertiary/aromatic N) is 1. The van der Waals surface area contributed by atoms with Gasteiger partial charge in [0.25, 0.3) is 0 Å². The van der Waals surface area contributed by atoms with Crippen LogP contribution in [0.15, 0.2) is 0 Å². The molecule has 0 rings (SSSR count). The Morgan fingerprint density at radius 3 is 2.36 bits per heavy atom. The number of hydrogen-bond donors (Lipinski definition) is 1. The molecule has 11 heavy (non-hydrogen) atoms. The van der Waals surface area contributed by atoms with Crippen LogP contribution in [-0.2, 0) is 14.3 Å². The zero-order valence-electron chi connectivity index (χ0n) is 6.53. The zero-order chi connectivity index (χ0) is 8.85. The number of aliphatic carboxylic acids is 1. The number of likely N-dealkylation sites (N-methyl/N-ethyl adjacent to an activating group) is 1. The molecule has 0 aliphatic rings. The number of carbonyl (C=O) groups is 2. The van der Waals surface area contributed by atoms with Crippen LogP contribution >= 0.6 is 0 Å². The normalized spacial score (nSPS) is 9.73. The minimum atomic E-state index is -1.55. The van der Waals surface area contributed by atoms with Gasteiger partial charge < -0.3 is 14.7 Å². The van der Waals surface area contributed by atoms with Crippen LogP contribution < -0.4 is 0 Å². The summed E-state index contributed by atoms with van der Waals surface area (Å²) in [5, 5.41) is 8.06. The summed E-state index contributed by atoms with van der Waals surface area (Å²) >= 11 is 0. The van der Waals surface area contributed by atoms with Crippen molar-refractivity contribution in [2.45, 2.75) is 0 Å². The molecule has 5 heteroatoms. The first-order valence-electron chi connectivity index (χ1n) is 3.09. The van der Waals surface area contributed by atoms with Crippen LogP contribution in [0.2, 0.25) is 0 Å². The summed E-state index contributed by atoms with van der Waals surface area (Å²) < 4.78 is 4.33. The highest BCUT2D eigenvalue weighted by molar-refractivity contribution is 6.28. The Kier molecular flexibility index (Phi) is 4.21. The maximum Gasteiger partial charge on any atom is 0.417 e. The SMILES string of the molecule is CN(C)CCOC(=O)C(=O)O. The smallest absolute Gasteiger partial charge is 0.417 e. The second kappa shape index (κ2) is 4.68. The van der Waals surface area contributed by atoms with Crippen molar-refractivity contribution in [2.75, 3.05) is 27.2 Å². The molecule has 0 heterocycles. The van der Waals surface area contributed by atoms with Gasteiger partial charge in [-0.25, -0.2) is 9.59 Å². The van der Waals surface area contributed by atoms with Crippen LogP contribution in [0, 0.1) is 0 Å². The minimum Gasteiger partial charge on any atom is -0.473 e. The van der Waals surface area contributed by atoms with Gasteiger partial charge in [-0.2, -0.15) is 0 Å². The molecule has 0 spiro atoms. The summed E-state index contributed by atoms with van der Waals surface area (Å²) in [4.78, 5) is 22.0. The lowest BCUT2D eigenvalue weighted by Gasteiger charge is -2.07. The molecule has 64 valence electrons. The topological polar surface area (TPSA) is 66.8 Å². The van der Waals surface area contributed by atoms with Crippen molar-refractivity contribution >= 4 is 11.9 Å². The van der Waals surface area contributed by atoms with Crippen LogP contribution in [-0.4, -0.2) is 49.2 Å². The molecule has 0 amide bonds. The Morgan fingerprint density at radius 1 is 1.45 bits per heavy atom. The summed E-state index contributed by atoms with van der Waals surface area (Å²) in [7, 11) is 3.60. The predicted molar refractivity (Wildman–Crippen MR) is 37.1 cm³/mol. The van der Waals surface area contributed by atoms with Crippen molar-refractivity contribution in [1.82, 2.24) is 4.90 Å². The third-order valence-electron chi connectivity index (χ3n) is 0.946. The summed E-state index contributed by atoms with van der Waals surface area (Å²) in [5.41, 5.74) is 0. The first-order valence-corrected chi connectivity index (χ1v) is 3.09. The van der Waals surface area contributed by atoms with Crippen LogP contribution in [0.25, 0.3) is 0 Å². The van der Waals surface area contributed by atoms with Gasteiger partial charge in [0.2, 0.25) is 0 Å². The standard InChI is InChI=1S/C6H11NO4/c1-7(2)3-4-11-6(10)5(8)9/h3-4H2,1-2H3,(H,8,9). The van der Waals surface area contributed by atoms with Gasteiger partial charge >= 0.3 is 11.9 Å². The van der Waals surface area contributed by atoms with E-state index in [4.69, 9.17) is 5.11 Å². The van der Waals surface area contributed by atoms with Crippen molar-refractivity contribution in [3.63, 3.8) is 0 Å². The van der Waals surface area contributed by atoms with Gasteiger partial charge in [0.1, 0.15) is 6.61 Å². The Bertz CT molecular complexity index is 155. The molecule has 0 atom stereocenters. The highest BCUT2D eigenvalue weighted by Gasteiger charge is 2.11. The summed E-state index contributed by atoms with van der Waals surface area (Å²) in [6.45, 7) is 0.636. The Labute approximate surface area is 64.6 Å². The zero-order valence-corrected chi connectivity index (χ0v) is 6.53. The van der Waals surface area contributed by atoms with Crippen LogP contribution in [0.5, 0.6) is 0 Å². The molecule has 0 fully saturated rings. The molecule has 0 aliphatic carbocycles. The summed E-state index contributed by atoms with van der Waals surface area (Å²) in [6, 6.07) is 0. The molecule has 1 N–H and O–H groups in total. The van der Waals surface area contributed by atoms with E-state index in [-0.39, 0.29) is 6.61 Å². The molecule has 0 aromatic rings. The van der Waals surface area contributed by atoms with Crippen molar-refractivity contribution in [2.24, 2.45) is 0 Å². The molecular formula is C6H11NO4. The van der Waals surface area contributed by atoms with E-state index >= 15 is 0 Å². The molecular weight excluding hydrogens is 150 g/mol. The van der Waals surface area contributed by atoms with Gasteiger partial charge in [0.05, 0.1) is 0 Å². The summed E-state index contributed by atoms with van der Waals surface area (Å²) in [5.74, 6) is -2.75. The van der Waals surface area contributed by atoms with Gasteiger partial charge in [-0.1, -0.05) is 0 Å². The summed E-state index contributed by atoms with van der Waals surface area (Å²) in [6.07, 6.45) is 0. The van der Waals surface area contributed by atoms with E-state index in [2.05, 4.69) is 4.74 Å². The third-order valence-corrected chi connectivity index (χ3v) is 0.946. The van der Waals surface area contributed by atoms with Crippen molar-refractivity contribution < 1.29 is 19.4 Å². The van der Waals surface area contributed by atoms with Crippen LogP contribution in [0.1, 0.15) is 0 Å². The molecule has 0 aromatic heterocycles. The first-order chi connectivity index (χ1) is 5.04. The van der Waals surface area contributed by atoms with E-state index in [0.29, 0.717) is 6.54 Å². The van der Waals surface area contributed by atoms with Crippen molar-refractivity contribution in [3.8, 4) is 0 Å². The third kappa shape index (κ3) is 5.35. The van der Waals surface area contributed by atoms with E-state index < -0.39 is 11.9 Å². The van der Waals surface area contributed by atoms with E-state index in [1.54, 1.807) is 19.0 Å². The molecule has 5 nitrogen and oxygen atoms in total. The Morgan fingerprint density at radius 2 is 2.00 bits per heavy atom. The van der Waals surface area contributed by atoms with Crippen molar-refractivity contribution in [3.05, 3.63) is 0 Å². The number of ether oxygens (including phenoxy) is 1. The molecule has 0 bridgehead atoms. The van der Waals surface area contributed by atoms with Crippen molar-refractivity contribution in [1.29, 1.82) is 0 Å². The Hall–Kier alpha value is -1.10. The lowest BCUT2D eigenvalue weighted by Crippen LogP contribution is -2.23. The fourth-order valence-corrected chi connectivity index (χ4v) is 0.383. The highest BCUT2D eigenvalue weighted by Crippen LogP contribution is 1.80. The second-order valence-corrected chi connectivity index (χ2v) is 2.24. The number of carbonyl (C=O) groups excluding carboxylic acids is 1. The fraction of sp³-hybridized carbons (Fsp3) is 0.667. The molecule has 0 radical (unpaired) electrons. The molecule has 0 saturated heterocycles. The lowest BCUT2D eigenvalue weighted by molar-refractivity contribution is -0.164. The van der Waals surface area contributed by atoms with E-state index in [1.165, 1.54) is 0 Å². The minimum absolute atomic E-state index is 0.109. The van der Waals surface area contributed by atoms with Gasteiger partial charge in [-0.05, 0) is 14.1 Å². The maximum absolute atomic E-state index is 10.3. The van der Waals surface area contributed by atoms with Gasteiger partial charge in [-0.3, -0.25) is 0 Å². The van der Waals surface area contributed by atoms with E-state index in [0.717, 1.165) is 0 Å². The van der Waals surface area contributed by atoms with E-state index in [1.807, 2.05) is 0 Å². The number of carboxylic acids is 1. The van der Waals surface area contributed by atoms with Gasteiger partial charge in [0.15, 0.2) is 0 Å². The van der Waals surface area contributed by atoms with Crippen LogP contribution in [0.3, 0.4) is 0 Å². The van der Waals surface area contributed by atoms with E-state index in [9.17, 15) is 9.59 Å². The number of rotatable bonds is 3. The number of hydrogen-bond acceptors (Lipinski definition) is 4. The number of esters is 1. The largest absolute Gasteiger partial charge is 0.473 e. The maximum atomic E-state index is 10.3. The second-order valence-electron chi connectivity index (χ2n) is 2.24. The highest BCUT2D eigenvalue weighted by atomic mass is 16.6. The molecule has 0 unspecified atom stereocenters. The Balaban J connectivity index is 3.40. The fourth-order valence-electron chi connectivity index (χ4n) is 0.383. The lowest BCUT2D eigenvalue weighted by atomic mass is 10.6. The molecule has 0 aliphatic heterocycles. The first kappa shape index (κ1) is 9.90. The quantitative estimate of drug-likeness (QED) is 0.432. The average Bonchev–Trinajstić information content (AvgIpc) is 1.86. The predicted octanol–water partition coefficient (Wildman–Crippen LogP) is -0.824. The van der Waals surface area contributed by atoms with Crippen LogP contribution in [0.4, 0.5) is 0 Å².